The molecule has 1 aromatic carbocycles. The van der Waals surface area contributed by atoms with Crippen molar-refractivity contribution in [2.24, 2.45) is 4.99 Å². The lowest BCUT2D eigenvalue weighted by molar-refractivity contribution is -0.143. The Balaban J connectivity index is 1.64. The Hall–Kier alpha value is -3.42. The largest absolute Gasteiger partial charge is 0.506 e. The number of aliphatic hydroxyl groups is 1. The first-order chi connectivity index (χ1) is 17.7. The molecule has 2 aromatic rings. The summed E-state index contributed by atoms with van der Waals surface area (Å²) in [6.07, 6.45) is 2.01. The van der Waals surface area contributed by atoms with E-state index in [0.29, 0.717) is 18.2 Å². The van der Waals surface area contributed by atoms with Crippen LogP contribution in [-0.2, 0) is 14.3 Å². The normalized spacial score (nSPS) is 15.6. The zero-order chi connectivity index (χ0) is 26.9. The molecule has 0 radical (unpaired) electrons. The monoisotopic (exact) mass is 596 g/mol. The average molecular weight is 598 g/mol. The number of ether oxygens (including phenoxy) is 1. The van der Waals surface area contributed by atoms with Gasteiger partial charge in [0.1, 0.15) is 5.75 Å². The number of hydrogen-bond donors (Lipinski definition) is 6. The Morgan fingerprint density at radius 2 is 2.08 bits per heavy atom. The quantitative estimate of drug-likeness (QED) is 0.234. The second-order valence-electron chi connectivity index (χ2n) is 7.95. The number of phenols is 1. The Bertz CT molecular complexity index is 1200. The topological polar surface area (TPSA) is 174 Å². The van der Waals surface area contributed by atoms with Gasteiger partial charge < -0.3 is 36.2 Å². The van der Waals surface area contributed by atoms with Crippen molar-refractivity contribution in [2.75, 3.05) is 31.6 Å². The number of aromatic hydroxyl groups is 1. The van der Waals surface area contributed by atoms with Gasteiger partial charge in [0, 0.05) is 23.3 Å². The molecule has 0 spiro atoms. The van der Waals surface area contributed by atoms with Gasteiger partial charge >= 0.3 is 5.97 Å². The smallest absolute Gasteiger partial charge is 0.308 e. The number of pyridine rings is 1. The molecule has 2 heterocycles. The van der Waals surface area contributed by atoms with Gasteiger partial charge in [-0.25, -0.2) is 0 Å². The first kappa shape index (κ1) is 28.2. The molecular weight excluding hydrogens is 572 g/mol. The molecule has 1 aliphatic heterocycles. The van der Waals surface area contributed by atoms with Gasteiger partial charge in [0.2, 0.25) is 5.91 Å². The van der Waals surface area contributed by atoms with E-state index in [-0.39, 0.29) is 45.9 Å². The third-order valence-corrected chi connectivity index (χ3v) is 5.91. The highest BCUT2D eigenvalue weighted by Crippen LogP contribution is 2.36. The van der Waals surface area contributed by atoms with Crippen LogP contribution in [0.5, 0.6) is 5.75 Å². The minimum Gasteiger partial charge on any atom is -0.506 e. The number of esters is 1. The van der Waals surface area contributed by atoms with Crippen molar-refractivity contribution in [2.45, 2.75) is 25.5 Å². The predicted molar refractivity (Wildman–Crippen MR) is 139 cm³/mol. The highest BCUT2D eigenvalue weighted by atomic mass is 79.9. The van der Waals surface area contributed by atoms with Crippen LogP contribution in [0.2, 0.25) is 5.02 Å². The Labute approximate surface area is 226 Å². The van der Waals surface area contributed by atoms with E-state index >= 15 is 0 Å². The molecule has 0 bridgehead atoms. The molecular formula is C23H26BrClN6O6. The number of guanidine groups is 1. The third-order valence-electron chi connectivity index (χ3n) is 5.08. The van der Waals surface area contributed by atoms with Gasteiger partial charge in [0.25, 0.3) is 5.91 Å². The maximum atomic E-state index is 12.7. The fourth-order valence-electron chi connectivity index (χ4n) is 3.37. The molecule has 37 heavy (non-hydrogen) atoms. The van der Waals surface area contributed by atoms with Crippen LogP contribution in [0.3, 0.4) is 0 Å². The molecule has 198 valence electrons. The first-order valence-electron chi connectivity index (χ1n) is 11.3. The van der Waals surface area contributed by atoms with Crippen LogP contribution in [0.25, 0.3) is 0 Å². The van der Waals surface area contributed by atoms with Crippen LogP contribution in [0.1, 0.15) is 35.3 Å². The standard InChI is InChI=1S/C23H26BrClN6O6/c1-2-37-20(34)6-18(16-4-13(25)5-17(24)21(16)35)31-19(33)11-27-22(36)12-3-14(8-26-7-12)30-23-28-9-15(32)10-29-23/h3-5,7-8,15,18,32,35H,2,6,9-11H2,1H3,(H,27,36)(H,31,33)(H2,28,29,30)/t18-/m0/s1. The van der Waals surface area contributed by atoms with Crippen molar-refractivity contribution < 1.29 is 29.3 Å². The summed E-state index contributed by atoms with van der Waals surface area (Å²) >= 11 is 9.28. The predicted octanol–water partition coefficient (Wildman–Crippen LogP) is 1.48. The van der Waals surface area contributed by atoms with E-state index in [1.54, 1.807) is 6.92 Å². The number of nitrogens with zero attached hydrogens (tertiary/aromatic N) is 2. The molecule has 0 saturated heterocycles. The second kappa shape index (κ2) is 13.2. The van der Waals surface area contributed by atoms with E-state index in [0.717, 1.165) is 0 Å². The summed E-state index contributed by atoms with van der Waals surface area (Å²) in [4.78, 5) is 45.6. The molecule has 0 saturated carbocycles. The number of hydrogen-bond acceptors (Lipinski definition) is 10. The molecule has 1 aliphatic rings. The zero-order valence-electron chi connectivity index (χ0n) is 19.8. The van der Waals surface area contributed by atoms with Crippen LogP contribution in [-0.4, -0.2) is 71.3 Å². The number of phenolic OH excluding ortho intramolecular Hbond substituents is 1. The van der Waals surface area contributed by atoms with Crippen molar-refractivity contribution in [3.05, 3.63) is 51.2 Å². The number of anilines is 1. The number of aliphatic imine (C=N–C) groups is 1. The third kappa shape index (κ3) is 8.30. The minimum absolute atomic E-state index is 0.147. The average Bonchev–Trinajstić information content (AvgIpc) is 2.86. The first-order valence-corrected chi connectivity index (χ1v) is 12.4. The molecule has 0 fully saturated rings. The molecule has 3 rings (SSSR count). The fraction of sp³-hybridized carbons (Fsp3) is 0.348. The van der Waals surface area contributed by atoms with Crippen LogP contribution in [0.4, 0.5) is 5.69 Å². The maximum absolute atomic E-state index is 12.7. The number of rotatable bonds is 9. The maximum Gasteiger partial charge on any atom is 0.308 e. The minimum atomic E-state index is -0.963. The summed E-state index contributed by atoms with van der Waals surface area (Å²) < 4.78 is 5.27. The number of amides is 2. The number of carbonyl (C=O) groups excluding carboxylic acids is 3. The van der Waals surface area contributed by atoms with Crippen LogP contribution in [0.15, 0.2) is 40.1 Å². The van der Waals surface area contributed by atoms with Gasteiger partial charge in [0.05, 0.1) is 60.2 Å². The summed E-state index contributed by atoms with van der Waals surface area (Å²) in [5, 5.41) is 31.2. The molecule has 6 N–H and O–H groups in total. The fourth-order valence-corrected chi connectivity index (χ4v) is 4.20. The Morgan fingerprint density at radius 1 is 1.30 bits per heavy atom. The molecule has 14 heteroatoms. The van der Waals surface area contributed by atoms with Crippen LogP contribution >= 0.6 is 27.5 Å². The lowest BCUT2D eigenvalue weighted by Crippen LogP contribution is -2.42. The number of halogens is 2. The number of aromatic nitrogens is 1. The summed E-state index contributed by atoms with van der Waals surface area (Å²) in [5.74, 6) is -1.51. The zero-order valence-corrected chi connectivity index (χ0v) is 22.1. The number of β-amino-alcohol motifs (C(OH)–C–C–N with tert-alkyl or cyclic N) is 1. The Kier molecular flexibility index (Phi) is 10.1. The number of benzene rings is 1. The van der Waals surface area contributed by atoms with Crippen LogP contribution < -0.4 is 21.3 Å². The highest BCUT2D eigenvalue weighted by molar-refractivity contribution is 9.10. The SMILES string of the molecule is CCOC(=O)C[C@H](NC(=O)CNC(=O)c1cncc(NC2=NCC(O)CN2)c1)c1cc(Cl)cc(Br)c1O. The van der Waals surface area contributed by atoms with E-state index in [1.165, 1.54) is 30.6 Å². The van der Waals surface area contributed by atoms with E-state index in [2.05, 4.69) is 47.2 Å². The van der Waals surface area contributed by atoms with Crippen molar-refractivity contribution in [1.82, 2.24) is 20.9 Å². The van der Waals surface area contributed by atoms with E-state index < -0.39 is 36.5 Å². The van der Waals surface area contributed by atoms with Crippen molar-refractivity contribution >= 4 is 57.0 Å². The molecule has 2 amide bonds. The lowest BCUT2D eigenvalue weighted by atomic mass is 10.0. The van der Waals surface area contributed by atoms with Gasteiger partial charge in [-0.3, -0.25) is 24.4 Å². The van der Waals surface area contributed by atoms with Gasteiger partial charge in [-0.15, -0.1) is 0 Å². The van der Waals surface area contributed by atoms with Crippen molar-refractivity contribution in [3.63, 3.8) is 0 Å². The van der Waals surface area contributed by atoms with E-state index in [1.807, 2.05) is 0 Å². The van der Waals surface area contributed by atoms with E-state index in [9.17, 15) is 24.6 Å². The summed E-state index contributed by atoms with van der Waals surface area (Å²) in [5.41, 5.74) is 0.881. The molecule has 12 nitrogen and oxygen atoms in total. The molecule has 2 atom stereocenters. The van der Waals surface area contributed by atoms with Gasteiger partial charge in [0.15, 0.2) is 5.96 Å². The van der Waals surface area contributed by atoms with Crippen molar-refractivity contribution in [1.29, 1.82) is 0 Å². The highest BCUT2D eigenvalue weighted by Gasteiger charge is 2.24. The van der Waals surface area contributed by atoms with Crippen molar-refractivity contribution in [3.8, 4) is 5.75 Å². The number of nitrogens with one attached hydrogen (secondary N) is 4. The van der Waals surface area contributed by atoms with E-state index in [4.69, 9.17) is 16.3 Å². The van der Waals surface area contributed by atoms with Gasteiger partial charge in [-0.1, -0.05) is 11.6 Å². The Morgan fingerprint density at radius 3 is 2.78 bits per heavy atom. The summed E-state index contributed by atoms with van der Waals surface area (Å²) in [6.45, 7) is 1.98. The lowest BCUT2D eigenvalue weighted by Gasteiger charge is -2.21. The summed E-state index contributed by atoms with van der Waals surface area (Å²) in [6, 6.07) is 3.47. The van der Waals surface area contributed by atoms with Gasteiger partial charge in [-0.05, 0) is 41.1 Å². The molecule has 1 unspecified atom stereocenters. The molecule has 0 aliphatic carbocycles. The van der Waals surface area contributed by atoms with Crippen LogP contribution in [0, 0.1) is 0 Å². The number of aliphatic hydroxyl groups excluding tert-OH is 1. The number of carbonyl (C=O) groups is 3. The summed E-state index contributed by atoms with van der Waals surface area (Å²) in [7, 11) is 0. The second-order valence-corrected chi connectivity index (χ2v) is 9.24. The van der Waals surface area contributed by atoms with Gasteiger partial charge in [-0.2, -0.15) is 0 Å². The molecule has 1 aromatic heterocycles.